The highest BCUT2D eigenvalue weighted by Gasteiger charge is 2.39. The summed E-state index contributed by atoms with van der Waals surface area (Å²) in [7, 11) is -3.23. The van der Waals surface area contributed by atoms with E-state index in [9.17, 15) is 8.42 Å². The molecule has 4 rings (SSSR count). The van der Waals surface area contributed by atoms with Gasteiger partial charge in [0.05, 0.1) is 30.7 Å². The van der Waals surface area contributed by atoms with Gasteiger partial charge in [0.2, 0.25) is 10.0 Å². The van der Waals surface area contributed by atoms with Gasteiger partial charge in [-0.25, -0.2) is 13.1 Å². The molecular weight excluding hydrogens is 374 g/mol. The van der Waals surface area contributed by atoms with Gasteiger partial charge in [0, 0.05) is 17.6 Å². The van der Waals surface area contributed by atoms with E-state index in [4.69, 9.17) is 11.6 Å². The summed E-state index contributed by atoms with van der Waals surface area (Å²) in [5.41, 5.74) is 1.69. The molecule has 2 aromatic rings. The SMILES string of the molecule is O=S1(=O)CC(N2CCCC2)CN1Cc1cn(Cc2cccc(Cl)c2)nn1. The maximum Gasteiger partial charge on any atom is 0.216 e. The van der Waals surface area contributed by atoms with E-state index in [2.05, 4.69) is 15.2 Å². The van der Waals surface area contributed by atoms with Crippen molar-refractivity contribution < 1.29 is 8.42 Å². The minimum atomic E-state index is -3.23. The van der Waals surface area contributed by atoms with Crippen LogP contribution in [0, 0.1) is 0 Å². The van der Waals surface area contributed by atoms with E-state index in [0.29, 0.717) is 23.8 Å². The first-order valence-corrected chi connectivity index (χ1v) is 10.8. The van der Waals surface area contributed by atoms with Crippen molar-refractivity contribution in [1.82, 2.24) is 24.2 Å². The summed E-state index contributed by atoms with van der Waals surface area (Å²) in [6.07, 6.45) is 4.13. The lowest BCUT2D eigenvalue weighted by atomic mass is 10.2. The van der Waals surface area contributed by atoms with E-state index in [1.165, 1.54) is 0 Å². The molecule has 7 nitrogen and oxygen atoms in total. The fraction of sp³-hybridized carbons (Fsp3) is 0.529. The molecule has 1 atom stereocenters. The second-order valence-corrected chi connectivity index (χ2v) is 9.46. The minimum Gasteiger partial charge on any atom is -0.298 e. The summed E-state index contributed by atoms with van der Waals surface area (Å²) in [5, 5.41) is 8.95. The quantitative estimate of drug-likeness (QED) is 0.768. The van der Waals surface area contributed by atoms with Crippen molar-refractivity contribution in [2.45, 2.75) is 32.0 Å². The third kappa shape index (κ3) is 3.93. The fourth-order valence-corrected chi connectivity index (χ4v) is 5.69. The predicted molar refractivity (Wildman–Crippen MR) is 99.4 cm³/mol. The topological polar surface area (TPSA) is 71.3 Å². The molecule has 0 radical (unpaired) electrons. The number of sulfonamides is 1. The van der Waals surface area contributed by atoms with Gasteiger partial charge in [-0.2, -0.15) is 4.31 Å². The number of hydrogen-bond acceptors (Lipinski definition) is 5. The Kier molecular flexibility index (Phi) is 5.00. The molecule has 26 heavy (non-hydrogen) atoms. The molecule has 1 aromatic heterocycles. The van der Waals surface area contributed by atoms with Crippen LogP contribution in [-0.2, 0) is 23.1 Å². The molecule has 2 aliphatic rings. The van der Waals surface area contributed by atoms with Crippen molar-refractivity contribution in [2.24, 2.45) is 0 Å². The zero-order valence-corrected chi connectivity index (χ0v) is 16.0. The van der Waals surface area contributed by atoms with Crippen molar-refractivity contribution in [3.63, 3.8) is 0 Å². The standard InChI is InChI=1S/C17H22ClN5O2S/c18-15-5-3-4-14(8-15)9-22-10-16(19-20-22)11-23-12-17(13-26(23,24)25)21-6-1-2-7-21/h3-5,8,10,17H,1-2,6-7,9,11-13H2. The Hall–Kier alpha value is -1.48. The lowest BCUT2D eigenvalue weighted by Gasteiger charge is -2.21. The molecule has 2 aliphatic heterocycles. The molecule has 0 aliphatic carbocycles. The van der Waals surface area contributed by atoms with Crippen LogP contribution in [-0.4, -0.2) is 64.0 Å². The molecule has 3 heterocycles. The van der Waals surface area contributed by atoms with Crippen LogP contribution in [0.15, 0.2) is 30.5 Å². The highest BCUT2D eigenvalue weighted by Crippen LogP contribution is 2.23. The van der Waals surface area contributed by atoms with Crippen molar-refractivity contribution in [1.29, 1.82) is 0 Å². The van der Waals surface area contributed by atoms with E-state index < -0.39 is 10.0 Å². The van der Waals surface area contributed by atoms with Crippen molar-refractivity contribution in [3.8, 4) is 0 Å². The lowest BCUT2D eigenvalue weighted by Crippen LogP contribution is -2.36. The number of nitrogens with zero attached hydrogens (tertiary/aromatic N) is 5. The van der Waals surface area contributed by atoms with Crippen LogP contribution in [0.2, 0.25) is 5.02 Å². The van der Waals surface area contributed by atoms with Gasteiger partial charge in [-0.15, -0.1) is 5.10 Å². The molecule has 2 saturated heterocycles. The van der Waals surface area contributed by atoms with Crippen LogP contribution in [0.3, 0.4) is 0 Å². The molecule has 1 unspecified atom stereocenters. The van der Waals surface area contributed by atoms with Crippen LogP contribution in [0.25, 0.3) is 0 Å². The maximum atomic E-state index is 12.5. The van der Waals surface area contributed by atoms with Gasteiger partial charge in [0.25, 0.3) is 0 Å². The Labute approximate surface area is 158 Å². The van der Waals surface area contributed by atoms with Crippen molar-refractivity contribution in [3.05, 3.63) is 46.7 Å². The molecule has 2 fully saturated rings. The summed E-state index contributed by atoms with van der Waals surface area (Å²) in [4.78, 5) is 2.30. The van der Waals surface area contributed by atoms with Crippen LogP contribution < -0.4 is 0 Å². The Morgan fingerprint density at radius 1 is 1.19 bits per heavy atom. The molecule has 1 aromatic carbocycles. The second-order valence-electron chi connectivity index (χ2n) is 7.01. The molecule has 0 N–H and O–H groups in total. The van der Waals surface area contributed by atoms with Gasteiger partial charge in [-0.05, 0) is 43.6 Å². The van der Waals surface area contributed by atoms with Crippen LogP contribution >= 0.6 is 11.6 Å². The Morgan fingerprint density at radius 3 is 2.77 bits per heavy atom. The molecule has 9 heteroatoms. The highest BCUT2D eigenvalue weighted by atomic mass is 35.5. The first-order valence-electron chi connectivity index (χ1n) is 8.85. The first kappa shape index (κ1) is 17.9. The van der Waals surface area contributed by atoms with E-state index >= 15 is 0 Å². The van der Waals surface area contributed by atoms with E-state index in [1.54, 1.807) is 15.2 Å². The van der Waals surface area contributed by atoms with Crippen molar-refractivity contribution >= 4 is 21.6 Å². The molecule has 0 amide bonds. The summed E-state index contributed by atoms with van der Waals surface area (Å²) >= 11 is 6.01. The molecule has 140 valence electrons. The number of likely N-dealkylation sites (tertiary alicyclic amines) is 1. The zero-order valence-electron chi connectivity index (χ0n) is 14.5. The summed E-state index contributed by atoms with van der Waals surface area (Å²) in [6.45, 7) is 3.39. The van der Waals surface area contributed by atoms with E-state index in [-0.39, 0.29) is 18.3 Å². The first-order chi connectivity index (χ1) is 12.5. The van der Waals surface area contributed by atoms with E-state index in [1.807, 2.05) is 24.3 Å². The Morgan fingerprint density at radius 2 is 2.00 bits per heavy atom. The minimum absolute atomic E-state index is 0.101. The van der Waals surface area contributed by atoms with Gasteiger partial charge in [0.15, 0.2) is 0 Å². The van der Waals surface area contributed by atoms with Crippen LogP contribution in [0.4, 0.5) is 0 Å². The van der Waals surface area contributed by atoms with Gasteiger partial charge >= 0.3 is 0 Å². The van der Waals surface area contributed by atoms with Gasteiger partial charge in [-0.3, -0.25) is 4.90 Å². The number of aromatic nitrogens is 3. The smallest absolute Gasteiger partial charge is 0.216 e. The largest absolute Gasteiger partial charge is 0.298 e. The van der Waals surface area contributed by atoms with Gasteiger partial charge in [-0.1, -0.05) is 28.9 Å². The summed E-state index contributed by atoms with van der Waals surface area (Å²) < 4.78 is 28.3. The average Bonchev–Trinajstić information content (AvgIpc) is 3.29. The number of benzene rings is 1. The van der Waals surface area contributed by atoms with Crippen molar-refractivity contribution in [2.75, 3.05) is 25.4 Å². The third-order valence-corrected chi connectivity index (χ3v) is 7.13. The van der Waals surface area contributed by atoms with E-state index in [0.717, 1.165) is 31.5 Å². The summed E-state index contributed by atoms with van der Waals surface area (Å²) in [5.74, 6) is 0.212. The summed E-state index contributed by atoms with van der Waals surface area (Å²) in [6, 6.07) is 7.68. The van der Waals surface area contributed by atoms with Gasteiger partial charge < -0.3 is 0 Å². The molecule has 0 saturated carbocycles. The monoisotopic (exact) mass is 395 g/mol. The Balaban J connectivity index is 1.42. The molecular formula is C17H22ClN5O2S. The Bertz CT molecular complexity index is 879. The highest BCUT2D eigenvalue weighted by molar-refractivity contribution is 7.89. The lowest BCUT2D eigenvalue weighted by molar-refractivity contribution is 0.241. The fourth-order valence-electron chi connectivity index (χ4n) is 3.73. The third-order valence-electron chi connectivity index (χ3n) is 5.03. The number of rotatable bonds is 5. The molecule has 0 spiro atoms. The van der Waals surface area contributed by atoms with Gasteiger partial charge in [0.1, 0.15) is 0 Å². The number of hydrogen-bond donors (Lipinski definition) is 0. The average molecular weight is 396 g/mol. The van der Waals surface area contributed by atoms with Crippen LogP contribution in [0.1, 0.15) is 24.1 Å². The van der Waals surface area contributed by atoms with Crippen LogP contribution in [0.5, 0.6) is 0 Å². The maximum absolute atomic E-state index is 12.5. The second kappa shape index (κ2) is 7.26. The zero-order chi connectivity index (χ0) is 18.1. The predicted octanol–water partition coefficient (Wildman–Crippen LogP) is 1.59. The molecule has 0 bridgehead atoms. The number of halogens is 1. The normalized spacial score (nSPS) is 23.7.